The molecular weight excluding hydrogens is 222 g/mol. The standard InChI is InChI=1S/C11H17N3O3/c1-8-6-10(12-7-9(8)14(16)17)13-11(2,3)4-5-15/h6-7,15H,4-5H2,1-3H3,(H,12,13). The number of aromatic nitrogens is 1. The third-order valence-corrected chi connectivity index (χ3v) is 2.48. The molecule has 0 amide bonds. The molecule has 17 heavy (non-hydrogen) atoms. The molecule has 0 saturated carbocycles. The first kappa shape index (κ1) is 13.4. The highest BCUT2D eigenvalue weighted by Gasteiger charge is 2.18. The Bertz CT molecular complexity index is 418. The summed E-state index contributed by atoms with van der Waals surface area (Å²) in [4.78, 5) is 14.2. The Morgan fingerprint density at radius 3 is 2.71 bits per heavy atom. The number of aryl methyl sites for hydroxylation is 1. The Balaban J connectivity index is 2.88. The first-order chi connectivity index (χ1) is 7.85. The molecule has 0 aliphatic heterocycles. The van der Waals surface area contributed by atoms with E-state index in [4.69, 9.17) is 5.11 Å². The molecule has 2 N–H and O–H groups in total. The molecule has 0 bridgehead atoms. The van der Waals surface area contributed by atoms with Crippen molar-refractivity contribution in [3.05, 3.63) is 27.9 Å². The lowest BCUT2D eigenvalue weighted by molar-refractivity contribution is -0.385. The van der Waals surface area contributed by atoms with Gasteiger partial charge in [0.15, 0.2) is 0 Å². The normalized spacial score (nSPS) is 11.3. The van der Waals surface area contributed by atoms with Crippen molar-refractivity contribution >= 4 is 11.5 Å². The second kappa shape index (κ2) is 5.09. The van der Waals surface area contributed by atoms with Crippen LogP contribution < -0.4 is 5.32 Å². The molecule has 0 radical (unpaired) electrons. The second-order valence-corrected chi connectivity index (χ2v) is 4.60. The molecule has 0 fully saturated rings. The minimum Gasteiger partial charge on any atom is -0.396 e. The van der Waals surface area contributed by atoms with Gasteiger partial charge in [-0.05, 0) is 33.3 Å². The van der Waals surface area contributed by atoms with Gasteiger partial charge in [0, 0.05) is 17.7 Å². The molecule has 6 heteroatoms. The monoisotopic (exact) mass is 239 g/mol. The molecule has 6 nitrogen and oxygen atoms in total. The molecule has 94 valence electrons. The van der Waals surface area contributed by atoms with Gasteiger partial charge < -0.3 is 10.4 Å². The first-order valence-electron chi connectivity index (χ1n) is 5.36. The minimum absolute atomic E-state index is 0.00974. The van der Waals surface area contributed by atoms with Gasteiger partial charge in [0.05, 0.1) is 4.92 Å². The van der Waals surface area contributed by atoms with Gasteiger partial charge in [-0.25, -0.2) is 4.98 Å². The van der Waals surface area contributed by atoms with Gasteiger partial charge in [0.1, 0.15) is 12.0 Å². The molecule has 0 atom stereocenters. The van der Waals surface area contributed by atoms with Crippen LogP contribution >= 0.6 is 0 Å². The van der Waals surface area contributed by atoms with E-state index in [0.29, 0.717) is 17.8 Å². The number of aliphatic hydroxyl groups excluding tert-OH is 1. The van der Waals surface area contributed by atoms with Crippen molar-refractivity contribution in [2.24, 2.45) is 0 Å². The third kappa shape index (κ3) is 3.67. The predicted octanol–water partition coefficient (Wildman–Crippen LogP) is 1.87. The lowest BCUT2D eigenvalue weighted by atomic mass is 10.0. The number of rotatable bonds is 5. The second-order valence-electron chi connectivity index (χ2n) is 4.60. The van der Waals surface area contributed by atoms with Crippen LogP contribution in [0.15, 0.2) is 12.3 Å². The van der Waals surface area contributed by atoms with Crippen LogP contribution in [0.2, 0.25) is 0 Å². The summed E-state index contributed by atoms with van der Waals surface area (Å²) in [6, 6.07) is 1.64. The van der Waals surface area contributed by atoms with Crippen molar-refractivity contribution in [2.75, 3.05) is 11.9 Å². The van der Waals surface area contributed by atoms with E-state index < -0.39 is 4.92 Å². The Morgan fingerprint density at radius 1 is 1.59 bits per heavy atom. The molecular formula is C11H17N3O3. The SMILES string of the molecule is Cc1cc(NC(C)(C)CCO)ncc1[N+](=O)[O-]. The summed E-state index contributed by atoms with van der Waals surface area (Å²) in [6.07, 6.45) is 1.82. The van der Waals surface area contributed by atoms with Crippen LogP contribution in [0.4, 0.5) is 11.5 Å². The number of nitrogens with zero attached hydrogens (tertiary/aromatic N) is 2. The highest BCUT2D eigenvalue weighted by atomic mass is 16.6. The number of nitrogens with one attached hydrogen (secondary N) is 1. The average molecular weight is 239 g/mol. The van der Waals surface area contributed by atoms with Gasteiger partial charge in [-0.15, -0.1) is 0 Å². The van der Waals surface area contributed by atoms with E-state index in [1.54, 1.807) is 13.0 Å². The molecule has 1 heterocycles. The van der Waals surface area contributed by atoms with E-state index in [2.05, 4.69) is 10.3 Å². The Hall–Kier alpha value is -1.69. The van der Waals surface area contributed by atoms with Crippen molar-refractivity contribution in [1.82, 2.24) is 4.98 Å². The van der Waals surface area contributed by atoms with Gasteiger partial charge in [-0.1, -0.05) is 0 Å². The maximum absolute atomic E-state index is 10.6. The summed E-state index contributed by atoms with van der Waals surface area (Å²) in [7, 11) is 0. The van der Waals surface area contributed by atoms with Crippen LogP contribution in [0.3, 0.4) is 0 Å². The molecule has 0 aliphatic carbocycles. The van der Waals surface area contributed by atoms with Crippen LogP contribution in [0, 0.1) is 17.0 Å². The fraction of sp³-hybridized carbons (Fsp3) is 0.545. The van der Waals surface area contributed by atoms with E-state index in [-0.39, 0.29) is 17.8 Å². The van der Waals surface area contributed by atoms with Crippen LogP contribution in [-0.4, -0.2) is 27.2 Å². The fourth-order valence-corrected chi connectivity index (χ4v) is 1.50. The van der Waals surface area contributed by atoms with Gasteiger partial charge in [-0.3, -0.25) is 10.1 Å². The maximum atomic E-state index is 10.6. The summed E-state index contributed by atoms with van der Waals surface area (Å²) < 4.78 is 0. The Kier molecular flexibility index (Phi) is 4.01. The summed E-state index contributed by atoms with van der Waals surface area (Å²) in [5, 5.41) is 22.7. The van der Waals surface area contributed by atoms with Crippen molar-refractivity contribution in [2.45, 2.75) is 32.7 Å². The number of hydrogen-bond donors (Lipinski definition) is 2. The zero-order valence-corrected chi connectivity index (χ0v) is 10.2. The van der Waals surface area contributed by atoms with E-state index in [9.17, 15) is 10.1 Å². The van der Waals surface area contributed by atoms with Crippen molar-refractivity contribution in [3.8, 4) is 0 Å². The smallest absolute Gasteiger partial charge is 0.290 e. The number of pyridine rings is 1. The van der Waals surface area contributed by atoms with E-state index >= 15 is 0 Å². The maximum Gasteiger partial charge on any atom is 0.290 e. The first-order valence-corrected chi connectivity index (χ1v) is 5.36. The minimum atomic E-state index is -0.453. The quantitative estimate of drug-likeness (QED) is 0.605. The van der Waals surface area contributed by atoms with Gasteiger partial charge in [0.25, 0.3) is 5.69 Å². The molecule has 1 aromatic heterocycles. The van der Waals surface area contributed by atoms with Crippen molar-refractivity contribution < 1.29 is 10.0 Å². The Morgan fingerprint density at radius 2 is 2.24 bits per heavy atom. The third-order valence-electron chi connectivity index (χ3n) is 2.48. The lowest BCUT2D eigenvalue weighted by Gasteiger charge is -2.26. The largest absolute Gasteiger partial charge is 0.396 e. The molecule has 0 spiro atoms. The van der Waals surface area contributed by atoms with Crippen LogP contribution in [-0.2, 0) is 0 Å². The molecule has 0 saturated heterocycles. The van der Waals surface area contributed by atoms with Gasteiger partial charge in [0.2, 0.25) is 0 Å². The van der Waals surface area contributed by atoms with E-state index in [1.807, 2.05) is 13.8 Å². The van der Waals surface area contributed by atoms with Crippen LogP contribution in [0.5, 0.6) is 0 Å². The number of nitro groups is 1. The summed E-state index contributed by atoms with van der Waals surface area (Å²) in [5.41, 5.74) is 0.271. The average Bonchev–Trinajstić information content (AvgIpc) is 2.15. The highest BCUT2D eigenvalue weighted by molar-refractivity contribution is 5.47. The van der Waals surface area contributed by atoms with Crippen LogP contribution in [0.25, 0.3) is 0 Å². The highest BCUT2D eigenvalue weighted by Crippen LogP contribution is 2.22. The summed E-state index contributed by atoms with van der Waals surface area (Å²) in [5.74, 6) is 0.576. The number of anilines is 1. The molecule has 1 rings (SSSR count). The number of aliphatic hydroxyl groups is 1. The molecule has 1 aromatic rings. The molecule has 0 unspecified atom stereocenters. The number of hydrogen-bond acceptors (Lipinski definition) is 5. The Labute approximate surface area is 99.8 Å². The van der Waals surface area contributed by atoms with E-state index in [1.165, 1.54) is 6.20 Å². The van der Waals surface area contributed by atoms with E-state index in [0.717, 1.165) is 0 Å². The van der Waals surface area contributed by atoms with Crippen LogP contribution in [0.1, 0.15) is 25.8 Å². The van der Waals surface area contributed by atoms with Crippen molar-refractivity contribution in [3.63, 3.8) is 0 Å². The fourth-order valence-electron chi connectivity index (χ4n) is 1.50. The summed E-state index contributed by atoms with van der Waals surface area (Å²) in [6.45, 7) is 5.61. The lowest BCUT2D eigenvalue weighted by Crippen LogP contribution is -2.32. The van der Waals surface area contributed by atoms with Gasteiger partial charge >= 0.3 is 0 Å². The molecule has 0 aromatic carbocycles. The van der Waals surface area contributed by atoms with Gasteiger partial charge in [-0.2, -0.15) is 0 Å². The van der Waals surface area contributed by atoms with Crippen molar-refractivity contribution in [1.29, 1.82) is 0 Å². The molecule has 0 aliphatic rings. The zero-order chi connectivity index (χ0) is 13.1. The zero-order valence-electron chi connectivity index (χ0n) is 10.2. The predicted molar refractivity (Wildman–Crippen MR) is 65.0 cm³/mol. The summed E-state index contributed by atoms with van der Waals surface area (Å²) >= 11 is 0. The topological polar surface area (TPSA) is 88.3 Å².